The number of halogens is 2. The first kappa shape index (κ1) is 12.1. The Kier molecular flexibility index (Phi) is 4.86. The van der Waals surface area contributed by atoms with E-state index >= 15 is 0 Å². The van der Waals surface area contributed by atoms with Gasteiger partial charge < -0.3 is 26.2 Å². The van der Waals surface area contributed by atoms with Crippen molar-refractivity contribution in [3.8, 4) is 0 Å². The van der Waals surface area contributed by atoms with Crippen molar-refractivity contribution >= 4 is 23.4 Å². The molecule has 0 aliphatic carbocycles. The molecule has 78 valence electrons. The second kappa shape index (κ2) is 5.21. The minimum Gasteiger partial charge on any atom is -1.00 e. The Labute approximate surface area is 99.3 Å². The molecule has 1 atom stereocenters. The van der Waals surface area contributed by atoms with E-state index < -0.39 is 0 Å². The summed E-state index contributed by atoms with van der Waals surface area (Å²) < 4.78 is 6.60. The summed E-state index contributed by atoms with van der Waals surface area (Å²) in [5.41, 5.74) is 0. The summed E-state index contributed by atoms with van der Waals surface area (Å²) in [6.45, 7) is 4.19. The normalized spacial score (nSPS) is 31.6. The van der Waals surface area contributed by atoms with Crippen molar-refractivity contribution in [1.82, 2.24) is 0 Å². The van der Waals surface area contributed by atoms with Gasteiger partial charge in [0.1, 0.15) is 25.0 Å². The molecule has 0 aromatic carbocycles. The molecule has 5 heteroatoms. The van der Waals surface area contributed by atoms with E-state index in [-0.39, 0.29) is 17.0 Å². The van der Waals surface area contributed by atoms with Gasteiger partial charge >= 0.3 is 0 Å². The largest absolute Gasteiger partial charge is 1.00 e. The standard InChI is InChI=1S/C8H15ClNOS.BrH/c9-5-8-6-12-7-10(8)1-3-11-4-2-10;/h8H,1-7H2;1H/q+1;/p-1. The SMILES string of the molecule is ClCC1CSC[N+]12CCOCC2.[Br-]. The Morgan fingerprint density at radius 1 is 1.38 bits per heavy atom. The lowest BCUT2D eigenvalue weighted by molar-refractivity contribution is -0.937. The molecule has 0 aromatic heterocycles. The molecule has 0 N–H and O–H groups in total. The molecule has 2 fully saturated rings. The molecule has 0 amide bonds. The molecular weight excluding hydrogens is 274 g/mol. The Bertz CT molecular complexity index is 166. The van der Waals surface area contributed by atoms with Crippen LogP contribution in [0.5, 0.6) is 0 Å². The second-order valence-corrected chi connectivity index (χ2v) is 4.89. The Hall–Kier alpha value is 1.04. The lowest BCUT2D eigenvalue weighted by Gasteiger charge is -2.41. The number of morpholine rings is 1. The van der Waals surface area contributed by atoms with Gasteiger partial charge in [-0.3, -0.25) is 0 Å². The topological polar surface area (TPSA) is 9.23 Å². The van der Waals surface area contributed by atoms with Gasteiger partial charge in [0.15, 0.2) is 0 Å². The zero-order valence-corrected chi connectivity index (χ0v) is 10.7. The number of ether oxygens (including phenoxy) is 1. The van der Waals surface area contributed by atoms with Crippen LogP contribution in [0.3, 0.4) is 0 Å². The number of thioether (sulfide) groups is 1. The Balaban J connectivity index is 0.000000845. The fourth-order valence-corrected chi connectivity index (χ4v) is 4.20. The van der Waals surface area contributed by atoms with Crippen LogP contribution in [0.1, 0.15) is 0 Å². The third-order valence-corrected chi connectivity index (χ3v) is 4.65. The van der Waals surface area contributed by atoms with Crippen molar-refractivity contribution in [2.75, 3.05) is 43.8 Å². The fourth-order valence-electron chi connectivity index (χ4n) is 2.03. The van der Waals surface area contributed by atoms with E-state index in [0.717, 1.165) is 19.1 Å². The maximum Gasteiger partial charge on any atom is 0.126 e. The van der Waals surface area contributed by atoms with Gasteiger partial charge in [-0.1, -0.05) is 11.8 Å². The van der Waals surface area contributed by atoms with E-state index in [9.17, 15) is 0 Å². The zero-order chi connectivity index (χ0) is 8.44. The van der Waals surface area contributed by atoms with E-state index in [1.54, 1.807) is 0 Å². The van der Waals surface area contributed by atoms with Crippen LogP contribution in [0.25, 0.3) is 0 Å². The molecule has 2 heterocycles. The van der Waals surface area contributed by atoms with Crippen LogP contribution < -0.4 is 17.0 Å². The molecule has 2 saturated heterocycles. The van der Waals surface area contributed by atoms with Crippen molar-refractivity contribution in [3.63, 3.8) is 0 Å². The predicted molar refractivity (Wildman–Crippen MR) is 52.6 cm³/mol. The maximum atomic E-state index is 5.96. The fraction of sp³-hybridized carbons (Fsp3) is 1.00. The van der Waals surface area contributed by atoms with Gasteiger partial charge in [-0.15, -0.1) is 11.6 Å². The summed E-state index contributed by atoms with van der Waals surface area (Å²) >= 11 is 8.01. The summed E-state index contributed by atoms with van der Waals surface area (Å²) in [5.74, 6) is 3.30. The highest BCUT2D eigenvalue weighted by atomic mass is 79.9. The molecular formula is C8H15BrClNOS. The summed E-state index contributed by atoms with van der Waals surface area (Å²) in [7, 11) is 0. The van der Waals surface area contributed by atoms with Crippen LogP contribution in [-0.4, -0.2) is 54.3 Å². The summed E-state index contributed by atoms with van der Waals surface area (Å²) in [6, 6.07) is 0.681. The lowest BCUT2D eigenvalue weighted by atomic mass is 10.2. The number of hydrogen-bond acceptors (Lipinski definition) is 2. The van der Waals surface area contributed by atoms with Gasteiger partial charge in [-0.05, 0) is 0 Å². The van der Waals surface area contributed by atoms with Gasteiger partial charge in [-0.2, -0.15) is 0 Å². The number of rotatable bonds is 1. The molecule has 0 radical (unpaired) electrons. The molecule has 2 aliphatic rings. The Morgan fingerprint density at radius 3 is 2.69 bits per heavy atom. The van der Waals surface area contributed by atoms with E-state index in [2.05, 4.69) is 0 Å². The minimum atomic E-state index is 0. The first-order valence-corrected chi connectivity index (χ1v) is 6.13. The van der Waals surface area contributed by atoms with Gasteiger partial charge in [0, 0.05) is 0 Å². The number of alkyl halides is 1. The molecule has 1 spiro atoms. The van der Waals surface area contributed by atoms with Crippen molar-refractivity contribution in [2.45, 2.75) is 6.04 Å². The monoisotopic (exact) mass is 287 g/mol. The maximum absolute atomic E-state index is 5.96. The highest BCUT2D eigenvalue weighted by molar-refractivity contribution is 7.99. The quantitative estimate of drug-likeness (QED) is 0.414. The van der Waals surface area contributed by atoms with Crippen LogP contribution in [0.15, 0.2) is 0 Å². The Morgan fingerprint density at radius 2 is 2.08 bits per heavy atom. The third-order valence-electron chi connectivity index (χ3n) is 2.97. The van der Waals surface area contributed by atoms with Crippen molar-refractivity contribution < 1.29 is 26.2 Å². The van der Waals surface area contributed by atoms with Crippen LogP contribution in [-0.2, 0) is 4.74 Å². The highest BCUT2D eigenvalue weighted by Crippen LogP contribution is 2.31. The molecule has 0 aromatic rings. The molecule has 13 heavy (non-hydrogen) atoms. The van der Waals surface area contributed by atoms with Gasteiger partial charge in [0.25, 0.3) is 0 Å². The third kappa shape index (κ3) is 2.34. The van der Waals surface area contributed by atoms with Crippen molar-refractivity contribution in [3.05, 3.63) is 0 Å². The number of nitrogens with zero attached hydrogens (tertiary/aromatic N) is 1. The highest BCUT2D eigenvalue weighted by Gasteiger charge is 2.42. The first-order chi connectivity index (χ1) is 5.87. The number of hydrogen-bond donors (Lipinski definition) is 0. The van der Waals surface area contributed by atoms with Crippen LogP contribution in [0, 0.1) is 0 Å². The van der Waals surface area contributed by atoms with E-state index in [1.165, 1.54) is 29.2 Å². The molecule has 2 aliphatic heterocycles. The smallest absolute Gasteiger partial charge is 0.126 e. The van der Waals surface area contributed by atoms with E-state index in [0.29, 0.717) is 6.04 Å². The van der Waals surface area contributed by atoms with Gasteiger partial charge in [0.05, 0.1) is 24.8 Å². The molecule has 0 saturated carbocycles. The lowest BCUT2D eigenvalue weighted by Crippen LogP contribution is -3.00. The van der Waals surface area contributed by atoms with Crippen LogP contribution in [0.4, 0.5) is 0 Å². The summed E-state index contributed by atoms with van der Waals surface area (Å²) in [5, 5.41) is 0. The predicted octanol–water partition coefficient (Wildman–Crippen LogP) is -1.85. The molecule has 2 nitrogen and oxygen atoms in total. The molecule has 0 bridgehead atoms. The summed E-state index contributed by atoms with van der Waals surface area (Å²) in [6.07, 6.45) is 0. The van der Waals surface area contributed by atoms with Crippen molar-refractivity contribution in [1.29, 1.82) is 0 Å². The number of quaternary nitrogens is 1. The zero-order valence-electron chi connectivity index (χ0n) is 7.55. The average Bonchev–Trinajstić information content (AvgIpc) is 2.49. The second-order valence-electron chi connectivity index (χ2n) is 3.59. The molecule has 2 rings (SSSR count). The average molecular weight is 289 g/mol. The van der Waals surface area contributed by atoms with Crippen molar-refractivity contribution in [2.24, 2.45) is 0 Å². The first-order valence-electron chi connectivity index (χ1n) is 4.45. The van der Waals surface area contributed by atoms with Crippen LogP contribution in [0.2, 0.25) is 0 Å². The van der Waals surface area contributed by atoms with E-state index in [4.69, 9.17) is 16.3 Å². The minimum absolute atomic E-state index is 0. The van der Waals surface area contributed by atoms with Gasteiger partial charge in [0.2, 0.25) is 0 Å². The van der Waals surface area contributed by atoms with Gasteiger partial charge in [-0.25, -0.2) is 0 Å². The summed E-state index contributed by atoms with van der Waals surface area (Å²) in [4.78, 5) is 0. The molecule has 1 unspecified atom stereocenters. The van der Waals surface area contributed by atoms with Crippen LogP contribution >= 0.6 is 23.4 Å². The van der Waals surface area contributed by atoms with E-state index in [1.807, 2.05) is 11.8 Å².